The van der Waals surface area contributed by atoms with Gasteiger partial charge in [-0.1, -0.05) is 26.8 Å². The number of benzene rings is 1. The van der Waals surface area contributed by atoms with E-state index in [2.05, 4.69) is 5.32 Å². The maximum atomic E-state index is 13.5. The van der Waals surface area contributed by atoms with Gasteiger partial charge < -0.3 is 10.4 Å². The highest BCUT2D eigenvalue weighted by atomic mass is 19.1. The second-order valence-electron chi connectivity index (χ2n) is 6.43. The van der Waals surface area contributed by atoms with Crippen LogP contribution in [0.3, 0.4) is 0 Å². The highest BCUT2D eigenvalue weighted by Gasteiger charge is 2.23. The molecule has 0 spiro atoms. The van der Waals surface area contributed by atoms with Gasteiger partial charge in [0.2, 0.25) is 5.91 Å². The minimum absolute atomic E-state index is 0.0733. The van der Waals surface area contributed by atoms with Crippen molar-refractivity contribution in [3.63, 3.8) is 0 Å². The third-order valence-corrected chi connectivity index (χ3v) is 3.22. The van der Waals surface area contributed by atoms with Crippen molar-refractivity contribution in [2.75, 3.05) is 0 Å². The topological polar surface area (TPSA) is 66.4 Å². The van der Waals surface area contributed by atoms with Gasteiger partial charge >= 0.3 is 5.97 Å². The Hall–Kier alpha value is -1.98. The highest BCUT2D eigenvalue weighted by molar-refractivity contribution is 5.84. The Kier molecular flexibility index (Phi) is 6.02. The number of amides is 1. The van der Waals surface area contributed by atoms with Crippen LogP contribution in [0.2, 0.25) is 0 Å². The normalized spacial score (nSPS) is 12.8. The molecular weight excluding hydrogens is 292 g/mol. The van der Waals surface area contributed by atoms with Crippen LogP contribution < -0.4 is 5.32 Å². The number of carbonyl (C=O) groups excluding carboxylic acids is 1. The van der Waals surface area contributed by atoms with Crippen LogP contribution in [0.25, 0.3) is 0 Å². The average molecular weight is 313 g/mol. The Labute approximate surface area is 128 Å². The monoisotopic (exact) mass is 313 g/mol. The van der Waals surface area contributed by atoms with Crippen molar-refractivity contribution in [3.8, 4) is 0 Å². The quantitative estimate of drug-likeness (QED) is 0.848. The molecule has 22 heavy (non-hydrogen) atoms. The van der Waals surface area contributed by atoms with Crippen molar-refractivity contribution in [1.82, 2.24) is 5.32 Å². The molecule has 1 amide bonds. The van der Waals surface area contributed by atoms with E-state index in [4.69, 9.17) is 5.11 Å². The molecule has 0 heterocycles. The summed E-state index contributed by atoms with van der Waals surface area (Å²) in [7, 11) is 0. The lowest BCUT2D eigenvalue weighted by Gasteiger charge is -2.21. The van der Waals surface area contributed by atoms with E-state index < -0.39 is 36.0 Å². The Balaban J connectivity index is 2.70. The average Bonchev–Trinajstić information content (AvgIpc) is 2.37. The minimum atomic E-state index is -1.16. The number of hydrogen-bond donors (Lipinski definition) is 2. The molecule has 0 aliphatic heterocycles. The van der Waals surface area contributed by atoms with Crippen LogP contribution in [0.4, 0.5) is 8.78 Å². The molecule has 1 unspecified atom stereocenters. The molecule has 0 aliphatic carbocycles. The Morgan fingerprint density at radius 1 is 1.23 bits per heavy atom. The van der Waals surface area contributed by atoms with Crippen molar-refractivity contribution in [2.24, 2.45) is 5.41 Å². The fourth-order valence-corrected chi connectivity index (χ4v) is 1.94. The maximum absolute atomic E-state index is 13.5. The van der Waals surface area contributed by atoms with Gasteiger partial charge in [-0.2, -0.15) is 0 Å². The Morgan fingerprint density at radius 3 is 2.23 bits per heavy atom. The number of carboxylic acid groups (broad SMARTS) is 1. The largest absolute Gasteiger partial charge is 0.480 e. The Bertz CT molecular complexity index is 533. The van der Waals surface area contributed by atoms with Gasteiger partial charge in [-0.15, -0.1) is 0 Å². The van der Waals surface area contributed by atoms with E-state index in [9.17, 15) is 18.4 Å². The first-order chi connectivity index (χ1) is 10.1. The lowest BCUT2D eigenvalue weighted by Crippen LogP contribution is -2.42. The summed E-state index contributed by atoms with van der Waals surface area (Å²) in [5.74, 6) is -3.52. The van der Waals surface area contributed by atoms with Gasteiger partial charge in [0.05, 0.1) is 6.42 Å². The molecule has 0 aliphatic rings. The standard InChI is InChI=1S/C16H21F2NO3/c1-16(2,3)8-7-13(15(21)22)19-14(20)9-10-11(17)5-4-6-12(10)18/h4-6,13H,7-9H2,1-3H3,(H,19,20)(H,21,22). The first kappa shape index (κ1) is 18.1. The van der Waals surface area contributed by atoms with Gasteiger partial charge in [0, 0.05) is 5.56 Å². The number of aliphatic carboxylic acids is 1. The van der Waals surface area contributed by atoms with E-state index >= 15 is 0 Å². The predicted molar refractivity (Wildman–Crippen MR) is 78.3 cm³/mol. The number of carbonyl (C=O) groups is 2. The zero-order valence-corrected chi connectivity index (χ0v) is 13.0. The fourth-order valence-electron chi connectivity index (χ4n) is 1.94. The second kappa shape index (κ2) is 7.33. The first-order valence-electron chi connectivity index (χ1n) is 7.05. The molecule has 1 rings (SSSR count). The van der Waals surface area contributed by atoms with E-state index in [1.165, 1.54) is 6.07 Å². The highest BCUT2D eigenvalue weighted by Crippen LogP contribution is 2.21. The van der Waals surface area contributed by atoms with Crippen molar-refractivity contribution in [1.29, 1.82) is 0 Å². The van der Waals surface area contributed by atoms with Crippen LogP contribution in [0.15, 0.2) is 18.2 Å². The first-order valence-corrected chi connectivity index (χ1v) is 7.05. The lowest BCUT2D eigenvalue weighted by atomic mass is 9.88. The molecular formula is C16H21F2NO3. The fraction of sp³-hybridized carbons (Fsp3) is 0.500. The van der Waals surface area contributed by atoms with E-state index in [1.807, 2.05) is 20.8 Å². The minimum Gasteiger partial charge on any atom is -0.480 e. The lowest BCUT2D eigenvalue weighted by molar-refractivity contribution is -0.142. The van der Waals surface area contributed by atoms with Crippen molar-refractivity contribution < 1.29 is 23.5 Å². The van der Waals surface area contributed by atoms with Gasteiger partial charge in [0.15, 0.2) is 0 Å². The van der Waals surface area contributed by atoms with E-state index in [0.717, 1.165) is 12.1 Å². The summed E-state index contributed by atoms with van der Waals surface area (Å²) in [6.45, 7) is 5.88. The number of nitrogens with one attached hydrogen (secondary N) is 1. The zero-order chi connectivity index (χ0) is 16.9. The number of carboxylic acids is 1. The summed E-state index contributed by atoms with van der Waals surface area (Å²) in [6.07, 6.45) is 0.320. The molecule has 1 aromatic carbocycles. The predicted octanol–water partition coefficient (Wildman–Crippen LogP) is 2.90. The summed E-state index contributed by atoms with van der Waals surface area (Å²) in [4.78, 5) is 23.0. The van der Waals surface area contributed by atoms with Gasteiger partial charge in [-0.25, -0.2) is 13.6 Å². The van der Waals surface area contributed by atoms with Gasteiger partial charge in [0.1, 0.15) is 17.7 Å². The maximum Gasteiger partial charge on any atom is 0.326 e. The molecule has 0 bridgehead atoms. The molecule has 4 nitrogen and oxygen atoms in total. The summed E-state index contributed by atoms with van der Waals surface area (Å²) in [5.41, 5.74) is -0.434. The molecule has 0 fully saturated rings. The van der Waals surface area contributed by atoms with Crippen LogP contribution in [-0.4, -0.2) is 23.0 Å². The molecule has 122 valence electrons. The van der Waals surface area contributed by atoms with Crippen LogP contribution >= 0.6 is 0 Å². The second-order valence-corrected chi connectivity index (χ2v) is 6.43. The molecule has 0 saturated carbocycles. The van der Waals surface area contributed by atoms with Crippen LogP contribution in [-0.2, 0) is 16.0 Å². The number of halogens is 2. The van der Waals surface area contributed by atoms with Crippen LogP contribution in [0, 0.1) is 17.0 Å². The smallest absolute Gasteiger partial charge is 0.326 e. The third kappa shape index (κ3) is 5.79. The van der Waals surface area contributed by atoms with Crippen LogP contribution in [0.5, 0.6) is 0 Å². The van der Waals surface area contributed by atoms with E-state index in [0.29, 0.717) is 6.42 Å². The van der Waals surface area contributed by atoms with Crippen molar-refractivity contribution in [2.45, 2.75) is 46.1 Å². The zero-order valence-electron chi connectivity index (χ0n) is 13.0. The van der Waals surface area contributed by atoms with E-state index in [1.54, 1.807) is 0 Å². The number of hydrogen-bond acceptors (Lipinski definition) is 2. The molecule has 1 aromatic rings. The molecule has 0 aromatic heterocycles. The number of rotatable bonds is 6. The van der Waals surface area contributed by atoms with Gasteiger partial charge in [0.25, 0.3) is 0 Å². The summed E-state index contributed by atoms with van der Waals surface area (Å²) >= 11 is 0. The molecule has 0 saturated heterocycles. The molecule has 0 radical (unpaired) electrons. The summed E-state index contributed by atoms with van der Waals surface area (Å²) in [5, 5.41) is 11.5. The molecule has 1 atom stereocenters. The van der Waals surface area contributed by atoms with E-state index in [-0.39, 0.29) is 17.4 Å². The van der Waals surface area contributed by atoms with Crippen molar-refractivity contribution >= 4 is 11.9 Å². The SMILES string of the molecule is CC(C)(C)CCC(NC(=O)Cc1c(F)cccc1F)C(=O)O. The van der Waals surface area contributed by atoms with Crippen LogP contribution in [0.1, 0.15) is 39.2 Å². The van der Waals surface area contributed by atoms with Gasteiger partial charge in [-0.05, 0) is 30.4 Å². The summed E-state index contributed by atoms with van der Waals surface area (Å²) < 4.78 is 26.9. The Morgan fingerprint density at radius 2 is 1.77 bits per heavy atom. The summed E-state index contributed by atoms with van der Waals surface area (Å²) in [6, 6.07) is 2.25. The molecule has 6 heteroatoms. The van der Waals surface area contributed by atoms with Crippen molar-refractivity contribution in [3.05, 3.63) is 35.4 Å². The van der Waals surface area contributed by atoms with Gasteiger partial charge in [-0.3, -0.25) is 4.79 Å². The molecule has 2 N–H and O–H groups in total. The third-order valence-electron chi connectivity index (χ3n) is 3.22.